The van der Waals surface area contributed by atoms with Gasteiger partial charge in [0.25, 0.3) is 0 Å². The van der Waals surface area contributed by atoms with Crippen LogP contribution in [0.4, 0.5) is 11.4 Å². The largest absolute Gasteiger partial charge is 0.265 e. The van der Waals surface area contributed by atoms with Gasteiger partial charge in [-0.05, 0) is 53.6 Å². The molecule has 2 aromatic carbocycles. The van der Waals surface area contributed by atoms with Crippen LogP contribution in [0.3, 0.4) is 0 Å². The average molecular weight is 325 g/mol. The highest BCUT2D eigenvalue weighted by atomic mass is 14.7. The highest BCUT2D eigenvalue weighted by molar-refractivity contribution is 5.90. The van der Waals surface area contributed by atoms with E-state index in [-0.39, 0.29) is 0 Å². The van der Waals surface area contributed by atoms with Gasteiger partial charge in [-0.15, -0.1) is 0 Å². The Morgan fingerprint density at radius 2 is 1.36 bits per heavy atom. The molecule has 0 aliphatic heterocycles. The lowest BCUT2D eigenvalue weighted by molar-refractivity contribution is 1.31. The standard InChI is InChI=1S/C22H19N3/c1-3-7-21(8-4-1)24-17-13-20(19-11-15-23-16-12-19)14-18-25-22-9-5-2-6-10-22/h1-13,15-18H,14H2/b20-13-,24-17?,25-18?. The van der Waals surface area contributed by atoms with E-state index in [1.165, 1.54) is 0 Å². The minimum absolute atomic E-state index is 0.722. The average Bonchev–Trinajstić information content (AvgIpc) is 2.69. The third-order valence-electron chi connectivity index (χ3n) is 3.61. The van der Waals surface area contributed by atoms with Crippen molar-refractivity contribution in [3.8, 4) is 0 Å². The highest BCUT2D eigenvalue weighted by Crippen LogP contribution is 2.17. The molecule has 0 fully saturated rings. The minimum atomic E-state index is 0.722. The van der Waals surface area contributed by atoms with Crippen molar-refractivity contribution in [2.45, 2.75) is 6.42 Å². The number of benzene rings is 2. The summed E-state index contributed by atoms with van der Waals surface area (Å²) in [4.78, 5) is 13.1. The summed E-state index contributed by atoms with van der Waals surface area (Å²) in [5.74, 6) is 0. The van der Waals surface area contributed by atoms with Crippen molar-refractivity contribution >= 4 is 29.4 Å². The maximum atomic E-state index is 4.51. The molecule has 3 aromatic rings. The van der Waals surface area contributed by atoms with E-state index >= 15 is 0 Å². The van der Waals surface area contributed by atoms with Gasteiger partial charge in [-0.3, -0.25) is 15.0 Å². The second kappa shape index (κ2) is 9.08. The first-order chi connectivity index (χ1) is 12.4. The van der Waals surface area contributed by atoms with Gasteiger partial charge in [-0.25, -0.2) is 0 Å². The van der Waals surface area contributed by atoms with Crippen LogP contribution in [0.2, 0.25) is 0 Å². The third kappa shape index (κ3) is 5.36. The zero-order chi connectivity index (χ0) is 17.2. The van der Waals surface area contributed by atoms with Crippen LogP contribution in [-0.4, -0.2) is 17.4 Å². The SMILES string of the molecule is C(/C=C(/CC=Nc1ccccc1)c1ccncc1)=Nc1ccccc1. The molecule has 122 valence electrons. The predicted octanol–water partition coefficient (Wildman–Crippen LogP) is 5.66. The van der Waals surface area contributed by atoms with E-state index in [1.54, 1.807) is 12.4 Å². The topological polar surface area (TPSA) is 37.6 Å². The van der Waals surface area contributed by atoms with Crippen LogP contribution in [0.15, 0.2) is 101 Å². The quantitative estimate of drug-likeness (QED) is 0.539. The zero-order valence-electron chi connectivity index (χ0n) is 13.9. The first-order valence-electron chi connectivity index (χ1n) is 8.18. The van der Waals surface area contributed by atoms with Crippen molar-refractivity contribution in [3.63, 3.8) is 0 Å². The fourth-order valence-electron chi connectivity index (χ4n) is 2.34. The molecule has 1 aromatic heterocycles. The van der Waals surface area contributed by atoms with Crippen LogP contribution in [-0.2, 0) is 0 Å². The maximum absolute atomic E-state index is 4.51. The van der Waals surface area contributed by atoms with Crippen LogP contribution < -0.4 is 0 Å². The molecule has 0 amide bonds. The Morgan fingerprint density at radius 1 is 0.760 bits per heavy atom. The molecule has 3 nitrogen and oxygen atoms in total. The van der Waals surface area contributed by atoms with E-state index in [1.807, 2.05) is 91.3 Å². The highest BCUT2D eigenvalue weighted by Gasteiger charge is 1.99. The van der Waals surface area contributed by atoms with E-state index < -0.39 is 0 Å². The third-order valence-corrected chi connectivity index (χ3v) is 3.61. The molecule has 0 spiro atoms. The monoisotopic (exact) mass is 325 g/mol. The minimum Gasteiger partial charge on any atom is -0.265 e. The molecule has 3 rings (SSSR count). The van der Waals surface area contributed by atoms with Crippen molar-refractivity contribution in [2.24, 2.45) is 9.98 Å². The summed E-state index contributed by atoms with van der Waals surface area (Å²) in [6.45, 7) is 0. The maximum Gasteiger partial charge on any atom is 0.0629 e. The number of hydrogen-bond donors (Lipinski definition) is 0. The van der Waals surface area contributed by atoms with Gasteiger partial charge in [-0.2, -0.15) is 0 Å². The van der Waals surface area contributed by atoms with Crippen LogP contribution >= 0.6 is 0 Å². The molecule has 0 unspecified atom stereocenters. The molecule has 0 atom stereocenters. The lowest BCUT2D eigenvalue weighted by Gasteiger charge is -2.03. The fourth-order valence-corrected chi connectivity index (χ4v) is 2.34. The number of aromatic nitrogens is 1. The normalized spacial score (nSPS) is 12.1. The molecule has 0 saturated carbocycles. The fraction of sp³-hybridized carbons (Fsp3) is 0.0455. The molecular formula is C22H19N3. The van der Waals surface area contributed by atoms with E-state index in [0.29, 0.717) is 0 Å². The first kappa shape index (κ1) is 16.5. The van der Waals surface area contributed by atoms with Crippen molar-refractivity contribution in [1.29, 1.82) is 0 Å². The van der Waals surface area contributed by atoms with Gasteiger partial charge in [0.05, 0.1) is 11.4 Å². The van der Waals surface area contributed by atoms with Gasteiger partial charge in [0.15, 0.2) is 0 Å². The number of aliphatic imine (C=N–C) groups is 2. The van der Waals surface area contributed by atoms with Crippen molar-refractivity contribution < 1.29 is 0 Å². The second-order valence-corrected chi connectivity index (χ2v) is 5.39. The summed E-state index contributed by atoms with van der Waals surface area (Å²) >= 11 is 0. The number of nitrogens with zero attached hydrogens (tertiary/aromatic N) is 3. The summed E-state index contributed by atoms with van der Waals surface area (Å²) < 4.78 is 0. The molecular weight excluding hydrogens is 306 g/mol. The van der Waals surface area contributed by atoms with E-state index in [9.17, 15) is 0 Å². The molecule has 1 heterocycles. The second-order valence-electron chi connectivity index (χ2n) is 5.39. The zero-order valence-corrected chi connectivity index (χ0v) is 13.9. The van der Waals surface area contributed by atoms with Crippen molar-refractivity contribution in [2.75, 3.05) is 0 Å². The van der Waals surface area contributed by atoms with E-state index in [0.717, 1.165) is 28.9 Å². The van der Waals surface area contributed by atoms with Crippen LogP contribution in [0.5, 0.6) is 0 Å². The van der Waals surface area contributed by atoms with Gasteiger partial charge in [-0.1, -0.05) is 36.4 Å². The number of rotatable bonds is 6. The summed E-state index contributed by atoms with van der Waals surface area (Å²) in [5.41, 5.74) is 4.15. The molecule has 0 radical (unpaired) electrons. The van der Waals surface area contributed by atoms with Crippen molar-refractivity contribution in [3.05, 3.63) is 96.8 Å². The van der Waals surface area contributed by atoms with E-state index in [2.05, 4.69) is 15.0 Å². The Kier molecular flexibility index (Phi) is 6.01. The Morgan fingerprint density at radius 3 is 2.00 bits per heavy atom. The van der Waals surface area contributed by atoms with Crippen LogP contribution in [0, 0.1) is 0 Å². The van der Waals surface area contributed by atoms with Gasteiger partial charge in [0, 0.05) is 31.2 Å². The van der Waals surface area contributed by atoms with Gasteiger partial charge >= 0.3 is 0 Å². The molecule has 0 N–H and O–H groups in total. The predicted molar refractivity (Wildman–Crippen MR) is 106 cm³/mol. The van der Waals surface area contributed by atoms with Crippen LogP contribution in [0.25, 0.3) is 5.57 Å². The van der Waals surface area contributed by atoms with Gasteiger partial charge in [0.1, 0.15) is 0 Å². The number of hydrogen-bond acceptors (Lipinski definition) is 3. The lowest BCUT2D eigenvalue weighted by Crippen LogP contribution is -1.88. The molecule has 3 heteroatoms. The molecule has 0 saturated heterocycles. The lowest BCUT2D eigenvalue weighted by atomic mass is 10.0. The Balaban J connectivity index is 1.77. The summed E-state index contributed by atoms with van der Waals surface area (Å²) in [6, 6.07) is 23.8. The van der Waals surface area contributed by atoms with Gasteiger partial charge in [0.2, 0.25) is 0 Å². The van der Waals surface area contributed by atoms with Crippen LogP contribution in [0.1, 0.15) is 12.0 Å². The summed E-state index contributed by atoms with van der Waals surface area (Å²) in [7, 11) is 0. The number of allylic oxidation sites excluding steroid dienone is 2. The molecule has 25 heavy (non-hydrogen) atoms. The molecule has 0 bridgehead atoms. The first-order valence-corrected chi connectivity index (χ1v) is 8.18. The smallest absolute Gasteiger partial charge is 0.0629 e. The number of para-hydroxylation sites is 2. The van der Waals surface area contributed by atoms with Gasteiger partial charge < -0.3 is 0 Å². The Labute approximate surface area is 148 Å². The summed E-state index contributed by atoms with van der Waals surface area (Å²) in [5, 5.41) is 0. The number of pyridine rings is 1. The molecule has 0 aliphatic rings. The van der Waals surface area contributed by atoms with Crippen molar-refractivity contribution in [1.82, 2.24) is 4.98 Å². The molecule has 0 aliphatic carbocycles. The summed E-state index contributed by atoms with van der Waals surface area (Å²) in [6.07, 6.45) is 10.1. The Bertz CT molecular complexity index is 852. The van der Waals surface area contributed by atoms with E-state index in [4.69, 9.17) is 0 Å². The Hall–Kier alpha value is -3.33.